The Hall–Kier alpha value is -1.66. The summed E-state index contributed by atoms with van der Waals surface area (Å²) in [6, 6.07) is 3.43. The Balaban J connectivity index is 1.77. The van der Waals surface area contributed by atoms with Crippen LogP contribution in [0.5, 0.6) is 0 Å². The van der Waals surface area contributed by atoms with Crippen LogP contribution in [0.4, 0.5) is 0 Å². The summed E-state index contributed by atoms with van der Waals surface area (Å²) in [6.07, 6.45) is 0. The lowest BCUT2D eigenvalue weighted by atomic mass is 10.2. The molecule has 0 aliphatic rings. The van der Waals surface area contributed by atoms with Gasteiger partial charge in [0.05, 0.1) is 0 Å². The molecule has 2 rings (SSSR count). The van der Waals surface area contributed by atoms with E-state index in [4.69, 9.17) is 0 Å². The van der Waals surface area contributed by atoms with Gasteiger partial charge in [0.1, 0.15) is 0 Å². The molecule has 2 amide bonds. The maximum Gasteiger partial charge on any atom is 0.252 e. The molecule has 0 bridgehead atoms. The van der Waals surface area contributed by atoms with Crippen molar-refractivity contribution in [3.8, 4) is 0 Å². The average molecular weight is 294 g/mol. The maximum absolute atomic E-state index is 11.8. The van der Waals surface area contributed by atoms with E-state index in [1.165, 1.54) is 22.7 Å². The van der Waals surface area contributed by atoms with Crippen molar-refractivity contribution in [3.05, 3.63) is 44.8 Å². The smallest absolute Gasteiger partial charge is 0.252 e. The van der Waals surface area contributed by atoms with E-state index in [2.05, 4.69) is 10.6 Å². The highest BCUT2D eigenvalue weighted by Gasteiger charge is 2.11. The number of carbonyl (C=O) groups excluding carboxylic acids is 2. The summed E-state index contributed by atoms with van der Waals surface area (Å²) in [5.41, 5.74) is 1.31. The SMILES string of the molecule is CC(CNC(=O)c1ccsc1)NC(=O)c1ccsc1. The second-order valence-corrected chi connectivity index (χ2v) is 5.67. The molecule has 0 spiro atoms. The number of rotatable bonds is 5. The zero-order valence-corrected chi connectivity index (χ0v) is 12.0. The Morgan fingerprint density at radius 3 is 2.21 bits per heavy atom. The van der Waals surface area contributed by atoms with Gasteiger partial charge in [0.2, 0.25) is 0 Å². The zero-order chi connectivity index (χ0) is 13.7. The first kappa shape index (κ1) is 13.8. The molecule has 0 saturated heterocycles. The summed E-state index contributed by atoms with van der Waals surface area (Å²) in [7, 11) is 0. The lowest BCUT2D eigenvalue weighted by molar-refractivity contribution is 0.0912. The third kappa shape index (κ3) is 3.90. The van der Waals surface area contributed by atoms with Gasteiger partial charge >= 0.3 is 0 Å². The first-order valence-electron chi connectivity index (χ1n) is 5.80. The summed E-state index contributed by atoms with van der Waals surface area (Å²) in [5, 5.41) is 12.9. The molecule has 0 fully saturated rings. The van der Waals surface area contributed by atoms with Gasteiger partial charge in [-0.2, -0.15) is 22.7 Å². The van der Waals surface area contributed by atoms with Crippen LogP contribution in [0.15, 0.2) is 33.7 Å². The van der Waals surface area contributed by atoms with Gasteiger partial charge in [0.25, 0.3) is 11.8 Å². The highest BCUT2D eigenvalue weighted by Crippen LogP contribution is 2.06. The van der Waals surface area contributed by atoms with Crippen LogP contribution in [0.25, 0.3) is 0 Å². The minimum atomic E-state index is -0.116. The van der Waals surface area contributed by atoms with Crippen molar-refractivity contribution in [1.82, 2.24) is 10.6 Å². The van der Waals surface area contributed by atoms with Crippen LogP contribution in [0.3, 0.4) is 0 Å². The Bertz CT molecular complexity index is 535. The van der Waals surface area contributed by atoms with E-state index < -0.39 is 0 Å². The molecule has 2 heterocycles. The van der Waals surface area contributed by atoms with E-state index in [0.717, 1.165) is 0 Å². The van der Waals surface area contributed by atoms with Crippen molar-refractivity contribution in [2.75, 3.05) is 6.54 Å². The van der Waals surface area contributed by atoms with Crippen LogP contribution >= 0.6 is 22.7 Å². The van der Waals surface area contributed by atoms with Crippen LogP contribution in [0.1, 0.15) is 27.6 Å². The number of nitrogens with one attached hydrogen (secondary N) is 2. The zero-order valence-electron chi connectivity index (χ0n) is 10.4. The Labute approximate surface area is 119 Å². The molecule has 1 unspecified atom stereocenters. The molecule has 2 aromatic rings. The molecular formula is C13H14N2O2S2. The van der Waals surface area contributed by atoms with Crippen LogP contribution in [-0.4, -0.2) is 24.4 Å². The van der Waals surface area contributed by atoms with Crippen LogP contribution < -0.4 is 10.6 Å². The van der Waals surface area contributed by atoms with Gasteiger partial charge in [0.15, 0.2) is 0 Å². The van der Waals surface area contributed by atoms with Gasteiger partial charge in [-0.15, -0.1) is 0 Å². The molecule has 1 atom stereocenters. The molecule has 4 nitrogen and oxygen atoms in total. The maximum atomic E-state index is 11.8. The van der Waals surface area contributed by atoms with Gasteiger partial charge in [-0.05, 0) is 29.8 Å². The Kier molecular flexibility index (Phi) is 4.70. The molecular weight excluding hydrogens is 280 g/mol. The lowest BCUT2D eigenvalue weighted by Crippen LogP contribution is -2.41. The number of thiophene rings is 2. The third-order valence-corrected chi connectivity index (χ3v) is 3.88. The van der Waals surface area contributed by atoms with Gasteiger partial charge < -0.3 is 10.6 Å². The second-order valence-electron chi connectivity index (χ2n) is 4.11. The minimum absolute atomic E-state index is 0.112. The molecule has 0 aliphatic carbocycles. The van der Waals surface area contributed by atoms with Crippen molar-refractivity contribution >= 4 is 34.5 Å². The highest BCUT2D eigenvalue weighted by molar-refractivity contribution is 7.08. The summed E-state index contributed by atoms with van der Waals surface area (Å²) >= 11 is 2.96. The molecule has 2 aromatic heterocycles. The molecule has 6 heteroatoms. The predicted molar refractivity (Wildman–Crippen MR) is 77.9 cm³/mol. The number of amides is 2. The van der Waals surface area contributed by atoms with Gasteiger partial charge in [-0.1, -0.05) is 0 Å². The predicted octanol–water partition coefficient (Wildman–Crippen LogP) is 2.36. The number of carbonyl (C=O) groups is 2. The fourth-order valence-electron chi connectivity index (χ4n) is 1.49. The van der Waals surface area contributed by atoms with Crippen molar-refractivity contribution < 1.29 is 9.59 Å². The average Bonchev–Trinajstić information content (AvgIpc) is 3.07. The lowest BCUT2D eigenvalue weighted by Gasteiger charge is -2.14. The van der Waals surface area contributed by atoms with Crippen molar-refractivity contribution in [1.29, 1.82) is 0 Å². The highest BCUT2D eigenvalue weighted by atomic mass is 32.1. The Morgan fingerprint density at radius 1 is 1.11 bits per heavy atom. The fourth-order valence-corrected chi connectivity index (χ4v) is 2.77. The summed E-state index contributed by atoms with van der Waals surface area (Å²) in [6.45, 7) is 2.27. The van der Waals surface area contributed by atoms with Crippen LogP contribution in [0, 0.1) is 0 Å². The fraction of sp³-hybridized carbons (Fsp3) is 0.231. The largest absolute Gasteiger partial charge is 0.350 e. The van der Waals surface area contributed by atoms with Crippen LogP contribution in [-0.2, 0) is 0 Å². The molecule has 100 valence electrons. The number of hydrogen-bond acceptors (Lipinski definition) is 4. The minimum Gasteiger partial charge on any atom is -0.350 e. The van der Waals surface area contributed by atoms with Crippen molar-refractivity contribution in [2.24, 2.45) is 0 Å². The normalized spacial score (nSPS) is 11.8. The van der Waals surface area contributed by atoms with E-state index in [1.807, 2.05) is 17.7 Å². The summed E-state index contributed by atoms with van der Waals surface area (Å²) < 4.78 is 0. The van der Waals surface area contributed by atoms with Gasteiger partial charge in [0, 0.05) is 34.5 Å². The monoisotopic (exact) mass is 294 g/mol. The molecule has 2 N–H and O–H groups in total. The van der Waals surface area contributed by atoms with E-state index in [1.54, 1.807) is 22.9 Å². The van der Waals surface area contributed by atoms with Crippen LogP contribution in [0.2, 0.25) is 0 Å². The van der Waals surface area contributed by atoms with Crippen molar-refractivity contribution in [2.45, 2.75) is 13.0 Å². The topological polar surface area (TPSA) is 58.2 Å². The molecule has 0 aliphatic heterocycles. The van der Waals surface area contributed by atoms with E-state index in [9.17, 15) is 9.59 Å². The summed E-state index contributed by atoms with van der Waals surface area (Å²) in [5.74, 6) is -0.226. The molecule has 0 radical (unpaired) electrons. The van der Waals surface area contributed by atoms with Gasteiger partial charge in [-0.25, -0.2) is 0 Å². The molecule has 0 saturated carbocycles. The number of hydrogen-bond donors (Lipinski definition) is 2. The van der Waals surface area contributed by atoms with Gasteiger partial charge in [-0.3, -0.25) is 9.59 Å². The molecule has 19 heavy (non-hydrogen) atoms. The molecule has 0 aromatic carbocycles. The quantitative estimate of drug-likeness (QED) is 0.889. The Morgan fingerprint density at radius 2 is 1.68 bits per heavy atom. The summed E-state index contributed by atoms with van der Waals surface area (Å²) in [4.78, 5) is 23.5. The standard InChI is InChI=1S/C13H14N2O2S2/c1-9(15-13(17)11-3-5-19-8-11)6-14-12(16)10-2-4-18-7-10/h2-5,7-9H,6H2,1H3,(H,14,16)(H,15,17). The van der Waals surface area contributed by atoms with E-state index in [0.29, 0.717) is 17.7 Å². The van der Waals surface area contributed by atoms with Crippen molar-refractivity contribution in [3.63, 3.8) is 0 Å². The second kappa shape index (κ2) is 6.49. The first-order valence-corrected chi connectivity index (χ1v) is 7.69. The third-order valence-electron chi connectivity index (χ3n) is 2.51. The first-order chi connectivity index (χ1) is 9.16. The van der Waals surface area contributed by atoms with E-state index >= 15 is 0 Å². The van der Waals surface area contributed by atoms with E-state index in [-0.39, 0.29) is 17.9 Å².